The summed E-state index contributed by atoms with van der Waals surface area (Å²) in [5.41, 5.74) is 10.1. The maximum atomic E-state index is 13.8. The molecule has 4 amide bonds. The maximum absolute atomic E-state index is 13.8. The second-order valence-corrected chi connectivity index (χ2v) is 15.3. The van der Waals surface area contributed by atoms with Crippen molar-refractivity contribution in [2.45, 2.75) is 60.3 Å². The Morgan fingerprint density at radius 2 is 1.31 bits per heavy atom. The van der Waals surface area contributed by atoms with E-state index in [1.165, 1.54) is 14.2 Å². The lowest BCUT2D eigenvalue weighted by Gasteiger charge is -2.26. The van der Waals surface area contributed by atoms with Gasteiger partial charge in [-0.15, -0.1) is 0 Å². The Morgan fingerprint density at radius 1 is 0.797 bits per heavy atom. The fourth-order valence-corrected chi connectivity index (χ4v) is 7.67. The third-order valence-electron chi connectivity index (χ3n) is 10.7. The van der Waals surface area contributed by atoms with Crippen molar-refractivity contribution in [3.63, 3.8) is 0 Å². The van der Waals surface area contributed by atoms with Crippen LogP contribution in [-0.4, -0.2) is 126 Å². The van der Waals surface area contributed by atoms with E-state index in [1.54, 1.807) is 61.8 Å². The van der Waals surface area contributed by atoms with Crippen LogP contribution in [0.1, 0.15) is 73.3 Å². The Bertz CT molecular complexity index is 2740. The van der Waals surface area contributed by atoms with Gasteiger partial charge >= 0.3 is 0 Å². The Hall–Kier alpha value is -7.10. The molecule has 21 nitrogen and oxygen atoms in total. The van der Waals surface area contributed by atoms with Gasteiger partial charge in [0.15, 0.2) is 0 Å². The Balaban J connectivity index is 1.26. The minimum atomic E-state index is -0.658. The molecule has 64 heavy (non-hydrogen) atoms. The number of carbonyl (C=O) groups excluding carboxylic acids is 4. The molecule has 21 heteroatoms. The van der Waals surface area contributed by atoms with E-state index in [0.717, 1.165) is 24.6 Å². The van der Waals surface area contributed by atoms with Crippen LogP contribution in [0.15, 0.2) is 48.6 Å². The van der Waals surface area contributed by atoms with E-state index in [0.29, 0.717) is 95.7 Å². The number of benzene rings is 2. The van der Waals surface area contributed by atoms with Crippen molar-refractivity contribution in [2.24, 2.45) is 11.6 Å². The molecule has 6 aromatic rings. The normalized spacial score (nSPS) is 13.2. The monoisotopic (exact) mass is 878 g/mol. The number of nitrogens with two attached hydrogens (primary N) is 2. The highest BCUT2D eigenvalue weighted by Gasteiger charge is 2.24. The van der Waals surface area contributed by atoms with Gasteiger partial charge in [0.2, 0.25) is 17.8 Å². The first-order chi connectivity index (χ1) is 30.8. The summed E-state index contributed by atoms with van der Waals surface area (Å²) in [6.07, 6.45) is 4.43. The number of fused-ring (bicyclic) bond motifs is 2. The summed E-state index contributed by atoms with van der Waals surface area (Å²) in [5.74, 6) is 4.89. The number of ether oxygens (including phenoxy) is 3. The lowest BCUT2D eigenvalue weighted by molar-refractivity contribution is 0.0358. The second kappa shape index (κ2) is 19.5. The molecule has 0 saturated carbocycles. The number of morpholine rings is 1. The molecule has 0 spiro atoms. The Morgan fingerprint density at radius 3 is 1.81 bits per heavy atom. The number of methoxy groups -OCH3 is 1. The van der Waals surface area contributed by atoms with Crippen LogP contribution in [-0.2, 0) is 30.9 Å². The maximum Gasteiger partial charge on any atom is 0.276 e. The molecule has 0 atom stereocenters. The van der Waals surface area contributed by atoms with E-state index < -0.39 is 23.6 Å². The molecule has 6 N–H and O–H groups in total. The molecular weight excluding hydrogens is 825 g/mol. The van der Waals surface area contributed by atoms with E-state index in [-0.39, 0.29) is 36.1 Å². The minimum absolute atomic E-state index is 0.165. The summed E-state index contributed by atoms with van der Waals surface area (Å²) < 4.78 is 24.4. The van der Waals surface area contributed by atoms with Gasteiger partial charge in [-0.1, -0.05) is 12.2 Å². The number of anilines is 2. The van der Waals surface area contributed by atoms with Crippen molar-refractivity contribution in [3.8, 4) is 11.5 Å². The molecule has 2 aromatic carbocycles. The van der Waals surface area contributed by atoms with Gasteiger partial charge in [-0.3, -0.25) is 49.1 Å². The van der Waals surface area contributed by atoms with Crippen molar-refractivity contribution >= 4 is 57.6 Å². The zero-order valence-corrected chi connectivity index (χ0v) is 36.9. The summed E-state index contributed by atoms with van der Waals surface area (Å²) in [6, 6.07) is 9.71. The van der Waals surface area contributed by atoms with Crippen LogP contribution in [0, 0.1) is 13.8 Å². The van der Waals surface area contributed by atoms with Crippen molar-refractivity contribution in [1.82, 2.24) is 48.6 Å². The van der Waals surface area contributed by atoms with Gasteiger partial charge in [0.1, 0.15) is 33.9 Å². The van der Waals surface area contributed by atoms with E-state index in [4.69, 9.17) is 35.8 Å². The fourth-order valence-electron chi connectivity index (χ4n) is 7.67. The zero-order valence-electron chi connectivity index (χ0n) is 36.9. The lowest BCUT2D eigenvalue weighted by Crippen LogP contribution is -2.37. The van der Waals surface area contributed by atoms with E-state index in [2.05, 4.69) is 25.7 Å². The quantitative estimate of drug-likeness (QED) is 0.0318. The first-order valence-corrected chi connectivity index (χ1v) is 21.0. The lowest BCUT2D eigenvalue weighted by atomic mass is 10.1. The highest BCUT2D eigenvalue weighted by Crippen LogP contribution is 2.33. The number of nitrogens with one attached hydrogen (secondary N) is 2. The Kier molecular flexibility index (Phi) is 13.7. The van der Waals surface area contributed by atoms with Crippen LogP contribution in [0.3, 0.4) is 0 Å². The highest BCUT2D eigenvalue weighted by molar-refractivity contribution is 6.05. The molecule has 7 rings (SSSR count). The van der Waals surface area contributed by atoms with Crippen LogP contribution in [0.5, 0.6) is 11.5 Å². The number of nitrogens with zero attached hydrogens (tertiary/aromatic N) is 10. The number of amides is 4. The van der Waals surface area contributed by atoms with Gasteiger partial charge in [0, 0.05) is 64.0 Å². The molecular formula is C43H54N14O7. The average molecular weight is 879 g/mol. The molecule has 5 heterocycles. The molecule has 338 valence electrons. The summed E-state index contributed by atoms with van der Waals surface area (Å²) >= 11 is 0. The molecule has 1 aliphatic heterocycles. The van der Waals surface area contributed by atoms with E-state index in [9.17, 15) is 19.2 Å². The predicted molar refractivity (Wildman–Crippen MR) is 239 cm³/mol. The number of carbonyl (C=O) groups is 4. The average Bonchev–Trinajstić information content (AvgIpc) is 4.05. The topological polar surface area (TPSA) is 250 Å². The standard InChI is InChI=1S/C43H54N14O7/c1-7-56-32(20-26(3)50-56)39(59)48-42-47-31-23-29(41(61)52(5)45)25-34(62-6)36(31)54(42)13-9-10-14-55-37-30(46-43(55)49-40(60)33-21-27(4)51-57(33)8-2)22-28(38(44)58)24-35(37)64-17-11-12-53-15-18-63-19-16-53/h9-10,20-25H,7-8,11-19,45H2,1-6H3,(H2,44,58)(H,46,49,60)(H,47,48,59)/b10-9+. The van der Waals surface area contributed by atoms with Crippen LogP contribution < -0.4 is 31.7 Å². The molecule has 1 fully saturated rings. The smallest absolute Gasteiger partial charge is 0.276 e. The first kappa shape index (κ1) is 44.9. The summed E-state index contributed by atoms with van der Waals surface area (Å²) in [7, 11) is 2.91. The van der Waals surface area contributed by atoms with Crippen molar-refractivity contribution in [2.75, 3.05) is 64.2 Å². The first-order valence-electron chi connectivity index (χ1n) is 21.0. The SMILES string of the molecule is CCn1nc(C)cc1C(=O)Nc1nc2cc(C(=O)N(C)N)cc(OC)c2n1C/C=C/Cn1c(NC(=O)c2cc(C)nn2CC)nc2cc(C(N)=O)cc(OCCCN3CCOCC3)c21. The molecule has 0 radical (unpaired) electrons. The molecule has 4 aromatic heterocycles. The highest BCUT2D eigenvalue weighted by atomic mass is 16.5. The van der Waals surface area contributed by atoms with Gasteiger partial charge in [0.25, 0.3) is 17.7 Å². The minimum Gasteiger partial charge on any atom is -0.494 e. The zero-order chi connectivity index (χ0) is 45.7. The van der Waals surface area contributed by atoms with Gasteiger partial charge in [-0.25, -0.2) is 15.8 Å². The third-order valence-corrected chi connectivity index (χ3v) is 10.7. The van der Waals surface area contributed by atoms with E-state index in [1.807, 2.05) is 32.9 Å². The molecule has 1 saturated heterocycles. The molecule has 0 bridgehead atoms. The Labute approximate surface area is 368 Å². The van der Waals surface area contributed by atoms with Crippen LogP contribution in [0.25, 0.3) is 22.1 Å². The van der Waals surface area contributed by atoms with Crippen LogP contribution in [0.2, 0.25) is 0 Å². The number of primary amides is 1. The third kappa shape index (κ3) is 9.60. The van der Waals surface area contributed by atoms with E-state index >= 15 is 0 Å². The van der Waals surface area contributed by atoms with Gasteiger partial charge in [-0.05, 0) is 70.5 Å². The van der Waals surface area contributed by atoms with Crippen LogP contribution in [0.4, 0.5) is 11.9 Å². The number of rotatable bonds is 18. The fraction of sp³-hybridized carbons (Fsp3) is 0.395. The van der Waals surface area contributed by atoms with Gasteiger partial charge in [0.05, 0.1) is 49.4 Å². The van der Waals surface area contributed by atoms with Crippen LogP contribution >= 0.6 is 0 Å². The number of allylic oxidation sites excluding steroid dienone is 2. The summed E-state index contributed by atoms with van der Waals surface area (Å²) in [5, 5.41) is 15.7. The second-order valence-electron chi connectivity index (χ2n) is 15.3. The largest absolute Gasteiger partial charge is 0.494 e. The number of hydrogen-bond donors (Lipinski definition) is 4. The predicted octanol–water partition coefficient (Wildman–Crippen LogP) is 3.35. The number of imidazole rings is 2. The van der Waals surface area contributed by atoms with Gasteiger partial charge in [-0.2, -0.15) is 10.2 Å². The van der Waals surface area contributed by atoms with Crippen molar-refractivity contribution in [1.29, 1.82) is 0 Å². The summed E-state index contributed by atoms with van der Waals surface area (Å²) in [4.78, 5) is 65.0. The number of aromatic nitrogens is 8. The molecule has 0 unspecified atom stereocenters. The number of hydrazine groups is 1. The van der Waals surface area contributed by atoms with Crippen molar-refractivity contribution in [3.05, 3.63) is 82.5 Å². The summed E-state index contributed by atoms with van der Waals surface area (Å²) in [6.45, 7) is 12.9. The van der Waals surface area contributed by atoms with Crippen molar-refractivity contribution < 1.29 is 33.4 Å². The van der Waals surface area contributed by atoms with Gasteiger partial charge < -0.3 is 29.1 Å². The number of aryl methyl sites for hydroxylation is 4. The molecule has 1 aliphatic rings. The number of hydrogen-bond acceptors (Lipinski definition) is 13. The molecule has 0 aliphatic carbocycles.